The molecule has 0 saturated heterocycles. The number of hydrogen-bond acceptors (Lipinski definition) is 6. The van der Waals surface area contributed by atoms with Crippen LogP contribution in [0.5, 0.6) is 0 Å². The first kappa shape index (κ1) is 25.1. The zero-order chi connectivity index (χ0) is 24.5. The number of carboxylic acids is 1. The first-order valence-corrected chi connectivity index (χ1v) is 14.8. The van der Waals surface area contributed by atoms with E-state index in [1.165, 1.54) is 17.4 Å². The third-order valence-corrected chi connectivity index (χ3v) is 12.3. The van der Waals surface area contributed by atoms with E-state index in [0.717, 1.165) is 37.0 Å². The van der Waals surface area contributed by atoms with Crippen molar-refractivity contribution in [1.82, 2.24) is 5.32 Å². The SMILES string of the molecule is CC1(C)C2CC(CC=CCCCC(=O)O)C(NC(=O)c3ccc(S(=O)(=O)c4cccs4)s3)C1C2. The molecule has 3 saturated carbocycles. The van der Waals surface area contributed by atoms with Crippen molar-refractivity contribution in [2.45, 2.75) is 66.8 Å². The van der Waals surface area contributed by atoms with Crippen LogP contribution in [0.15, 0.2) is 50.2 Å². The van der Waals surface area contributed by atoms with Gasteiger partial charge >= 0.3 is 5.97 Å². The number of allylic oxidation sites excluding steroid dienone is 2. The summed E-state index contributed by atoms with van der Waals surface area (Å²) >= 11 is 2.20. The van der Waals surface area contributed by atoms with Crippen LogP contribution < -0.4 is 5.32 Å². The molecule has 0 aliphatic heterocycles. The van der Waals surface area contributed by atoms with Crippen molar-refractivity contribution in [2.24, 2.45) is 23.2 Å². The number of thiophene rings is 2. The van der Waals surface area contributed by atoms with E-state index in [4.69, 9.17) is 5.11 Å². The van der Waals surface area contributed by atoms with Crippen LogP contribution in [0.3, 0.4) is 0 Å². The second-order valence-electron chi connectivity index (χ2n) is 9.90. The fourth-order valence-electron chi connectivity index (χ4n) is 5.45. The monoisotopic (exact) mass is 521 g/mol. The molecule has 4 atom stereocenters. The van der Waals surface area contributed by atoms with E-state index >= 15 is 0 Å². The molecule has 3 fully saturated rings. The Morgan fingerprint density at radius 2 is 1.97 bits per heavy atom. The second kappa shape index (κ2) is 9.95. The zero-order valence-electron chi connectivity index (χ0n) is 19.4. The van der Waals surface area contributed by atoms with Gasteiger partial charge in [0.2, 0.25) is 9.84 Å². The summed E-state index contributed by atoms with van der Waals surface area (Å²) in [6.07, 6.45) is 8.73. The van der Waals surface area contributed by atoms with Crippen LogP contribution >= 0.6 is 22.7 Å². The topological polar surface area (TPSA) is 101 Å². The highest BCUT2D eigenvalue weighted by atomic mass is 32.3. The van der Waals surface area contributed by atoms with Crippen LogP contribution in [0, 0.1) is 23.2 Å². The Labute approximate surface area is 209 Å². The van der Waals surface area contributed by atoms with E-state index in [2.05, 4.69) is 25.2 Å². The van der Waals surface area contributed by atoms with Gasteiger partial charge in [-0.15, -0.1) is 22.7 Å². The maximum atomic E-state index is 13.2. The maximum Gasteiger partial charge on any atom is 0.303 e. The molecule has 0 spiro atoms. The van der Waals surface area contributed by atoms with Gasteiger partial charge in [0.15, 0.2) is 0 Å². The van der Waals surface area contributed by atoms with Gasteiger partial charge < -0.3 is 10.4 Å². The molecule has 0 radical (unpaired) electrons. The Hall–Kier alpha value is -1.97. The minimum atomic E-state index is -3.59. The summed E-state index contributed by atoms with van der Waals surface area (Å²) in [4.78, 5) is 24.2. The third-order valence-electron chi connectivity index (χ3n) is 7.57. The highest BCUT2D eigenvalue weighted by Crippen LogP contribution is 2.61. The minimum Gasteiger partial charge on any atom is -0.481 e. The summed E-state index contributed by atoms with van der Waals surface area (Å²) in [5.74, 6) is 0.394. The van der Waals surface area contributed by atoms with Crippen LogP contribution in [-0.2, 0) is 14.6 Å². The second-order valence-corrected chi connectivity index (χ2v) is 14.3. The number of amides is 1. The molecule has 3 aliphatic rings. The highest BCUT2D eigenvalue weighted by molar-refractivity contribution is 7.95. The lowest BCUT2D eigenvalue weighted by atomic mass is 9.44. The van der Waals surface area contributed by atoms with E-state index in [0.29, 0.717) is 29.1 Å². The van der Waals surface area contributed by atoms with Gasteiger partial charge in [-0.25, -0.2) is 8.42 Å². The molecule has 184 valence electrons. The minimum absolute atomic E-state index is 0.0376. The Morgan fingerprint density at radius 3 is 2.65 bits per heavy atom. The van der Waals surface area contributed by atoms with Gasteiger partial charge in [-0.2, -0.15) is 0 Å². The lowest BCUT2D eigenvalue weighted by molar-refractivity contribution is -0.137. The predicted molar refractivity (Wildman–Crippen MR) is 134 cm³/mol. The number of carbonyl (C=O) groups excluding carboxylic acids is 1. The molecule has 2 heterocycles. The number of unbranched alkanes of at least 4 members (excludes halogenated alkanes) is 1. The van der Waals surface area contributed by atoms with Crippen molar-refractivity contribution in [1.29, 1.82) is 0 Å². The third kappa shape index (κ3) is 5.02. The predicted octanol–water partition coefficient (Wildman–Crippen LogP) is 5.62. The average Bonchev–Trinajstić information content (AvgIpc) is 3.49. The summed E-state index contributed by atoms with van der Waals surface area (Å²) < 4.78 is 26.1. The quantitative estimate of drug-likeness (QED) is 0.312. The molecule has 2 N–H and O–H groups in total. The number of hydrogen-bond donors (Lipinski definition) is 2. The summed E-state index contributed by atoms with van der Waals surface area (Å²) in [6, 6.07) is 6.45. The number of carboxylic acid groups (broad SMARTS) is 1. The van der Waals surface area contributed by atoms with Gasteiger partial charge in [0, 0.05) is 12.5 Å². The van der Waals surface area contributed by atoms with E-state index in [1.807, 2.05) is 6.08 Å². The van der Waals surface area contributed by atoms with Gasteiger partial charge in [-0.05, 0) is 78.9 Å². The van der Waals surface area contributed by atoms with Crippen LogP contribution in [0.1, 0.15) is 62.0 Å². The molecular formula is C25H31NO5S3. The molecule has 2 aromatic heterocycles. The molecule has 4 unspecified atom stereocenters. The Kier molecular flexibility index (Phi) is 7.36. The first-order valence-electron chi connectivity index (χ1n) is 11.7. The summed E-state index contributed by atoms with van der Waals surface area (Å²) in [7, 11) is -3.59. The van der Waals surface area contributed by atoms with Gasteiger partial charge in [0.25, 0.3) is 5.91 Å². The molecule has 3 aliphatic carbocycles. The van der Waals surface area contributed by atoms with Crippen molar-refractivity contribution >= 4 is 44.4 Å². The van der Waals surface area contributed by atoms with Crippen molar-refractivity contribution < 1.29 is 23.1 Å². The van der Waals surface area contributed by atoms with Crippen molar-refractivity contribution in [3.63, 3.8) is 0 Å². The Bertz CT molecular complexity index is 1160. The summed E-state index contributed by atoms with van der Waals surface area (Å²) in [6.45, 7) is 4.56. The van der Waals surface area contributed by atoms with E-state index in [-0.39, 0.29) is 32.2 Å². The standard InChI is InChI=1S/C25H31NO5S3/c1-25(2)17-14-16(8-5-3-4-6-9-20(27)28)23(18(25)15-17)26-24(29)19-11-12-22(33-19)34(30,31)21-10-7-13-32-21/h3,5,7,10-13,16-18,23H,4,6,8-9,14-15H2,1-2H3,(H,26,29)(H,27,28). The van der Waals surface area contributed by atoms with Crippen LogP contribution in [-0.4, -0.2) is 31.4 Å². The van der Waals surface area contributed by atoms with E-state index in [1.54, 1.807) is 23.6 Å². The molecule has 2 aromatic rings. The fraction of sp³-hybridized carbons (Fsp3) is 0.520. The largest absolute Gasteiger partial charge is 0.481 e. The smallest absolute Gasteiger partial charge is 0.303 e. The van der Waals surface area contributed by atoms with Crippen molar-refractivity contribution in [3.8, 4) is 0 Å². The van der Waals surface area contributed by atoms with Gasteiger partial charge in [0.05, 0.1) is 4.88 Å². The fourth-order valence-corrected chi connectivity index (χ4v) is 9.32. The average molecular weight is 522 g/mol. The Morgan fingerprint density at radius 1 is 1.18 bits per heavy atom. The Balaban J connectivity index is 1.43. The van der Waals surface area contributed by atoms with Crippen LogP contribution in [0.4, 0.5) is 0 Å². The van der Waals surface area contributed by atoms with Gasteiger partial charge in [0.1, 0.15) is 8.42 Å². The number of nitrogens with one attached hydrogen (secondary N) is 1. The lowest BCUT2D eigenvalue weighted by Crippen LogP contribution is -2.63. The molecule has 5 rings (SSSR count). The van der Waals surface area contributed by atoms with Crippen LogP contribution in [0.2, 0.25) is 0 Å². The molecule has 1 amide bonds. The number of fused-ring (bicyclic) bond motifs is 2. The number of carbonyl (C=O) groups is 2. The molecule has 2 bridgehead atoms. The number of aliphatic carboxylic acids is 1. The maximum absolute atomic E-state index is 13.2. The van der Waals surface area contributed by atoms with E-state index < -0.39 is 15.8 Å². The zero-order valence-corrected chi connectivity index (χ0v) is 21.8. The molecule has 0 aromatic carbocycles. The lowest BCUT2D eigenvalue weighted by Gasteiger charge is -2.62. The highest BCUT2D eigenvalue weighted by Gasteiger charge is 2.57. The van der Waals surface area contributed by atoms with Crippen molar-refractivity contribution in [3.05, 3.63) is 46.7 Å². The summed E-state index contributed by atoms with van der Waals surface area (Å²) in [5.41, 5.74) is 0.183. The summed E-state index contributed by atoms with van der Waals surface area (Å²) in [5, 5.41) is 13.8. The van der Waals surface area contributed by atoms with Crippen molar-refractivity contribution in [2.75, 3.05) is 0 Å². The molecule has 34 heavy (non-hydrogen) atoms. The first-order chi connectivity index (χ1) is 16.1. The molecule has 9 heteroatoms. The van der Waals surface area contributed by atoms with Crippen LogP contribution in [0.25, 0.3) is 0 Å². The number of sulfone groups is 1. The molecule has 6 nitrogen and oxygen atoms in total. The number of rotatable bonds is 10. The molecular weight excluding hydrogens is 490 g/mol. The van der Waals surface area contributed by atoms with Gasteiger partial charge in [-0.1, -0.05) is 32.1 Å². The normalized spacial score (nSPS) is 25.7. The van der Waals surface area contributed by atoms with E-state index in [9.17, 15) is 18.0 Å². The van der Waals surface area contributed by atoms with Gasteiger partial charge in [-0.3, -0.25) is 9.59 Å².